The standard InChI is InChI=1S/C12H14N2O2/c1-8-4-3-7-14-9(2)13-10(12(8)14)5-6-11(15)16/h3-4,7H,5-6H2,1-2H3,(H,15,16). The van der Waals surface area contributed by atoms with E-state index in [0.717, 1.165) is 22.6 Å². The SMILES string of the molecule is Cc1cccn2c(C)nc(CCC(=O)O)c12. The lowest BCUT2D eigenvalue weighted by Crippen LogP contribution is -1.98. The van der Waals surface area contributed by atoms with E-state index in [1.165, 1.54) is 0 Å². The van der Waals surface area contributed by atoms with E-state index in [2.05, 4.69) is 4.98 Å². The molecule has 2 aromatic rings. The summed E-state index contributed by atoms with van der Waals surface area (Å²) in [4.78, 5) is 15.0. The van der Waals surface area contributed by atoms with Gasteiger partial charge in [-0.2, -0.15) is 0 Å². The molecule has 2 aromatic heterocycles. The number of pyridine rings is 1. The van der Waals surface area contributed by atoms with Crippen molar-refractivity contribution in [2.45, 2.75) is 26.7 Å². The Balaban J connectivity index is 2.49. The van der Waals surface area contributed by atoms with Crippen molar-refractivity contribution in [2.75, 3.05) is 0 Å². The summed E-state index contributed by atoms with van der Waals surface area (Å²) in [5.41, 5.74) is 3.04. The van der Waals surface area contributed by atoms with Crippen molar-refractivity contribution in [3.8, 4) is 0 Å². The number of rotatable bonds is 3. The molecule has 0 bridgehead atoms. The topological polar surface area (TPSA) is 54.6 Å². The zero-order chi connectivity index (χ0) is 11.7. The van der Waals surface area contributed by atoms with Crippen LogP contribution in [0.1, 0.15) is 23.5 Å². The first kappa shape index (κ1) is 10.7. The molecule has 16 heavy (non-hydrogen) atoms. The first-order valence-electron chi connectivity index (χ1n) is 5.24. The van der Waals surface area contributed by atoms with Crippen molar-refractivity contribution >= 4 is 11.5 Å². The summed E-state index contributed by atoms with van der Waals surface area (Å²) in [5, 5.41) is 8.69. The van der Waals surface area contributed by atoms with Crippen molar-refractivity contribution in [3.63, 3.8) is 0 Å². The highest BCUT2D eigenvalue weighted by Gasteiger charge is 2.11. The summed E-state index contributed by atoms with van der Waals surface area (Å²) in [6, 6.07) is 3.98. The van der Waals surface area contributed by atoms with Gasteiger partial charge >= 0.3 is 5.97 Å². The third-order valence-electron chi connectivity index (χ3n) is 2.69. The minimum Gasteiger partial charge on any atom is -0.481 e. The highest BCUT2D eigenvalue weighted by atomic mass is 16.4. The van der Waals surface area contributed by atoms with Crippen LogP contribution in [0.15, 0.2) is 18.3 Å². The van der Waals surface area contributed by atoms with Crippen LogP contribution in [0.5, 0.6) is 0 Å². The molecule has 0 radical (unpaired) electrons. The smallest absolute Gasteiger partial charge is 0.303 e. The number of aromatic nitrogens is 2. The molecule has 0 saturated carbocycles. The van der Waals surface area contributed by atoms with E-state index in [4.69, 9.17) is 5.11 Å². The molecule has 0 aliphatic heterocycles. The van der Waals surface area contributed by atoms with Crippen LogP contribution in [-0.4, -0.2) is 20.5 Å². The zero-order valence-electron chi connectivity index (χ0n) is 9.40. The van der Waals surface area contributed by atoms with E-state index in [9.17, 15) is 4.79 Å². The van der Waals surface area contributed by atoms with E-state index in [0.29, 0.717) is 6.42 Å². The van der Waals surface area contributed by atoms with Crippen LogP contribution >= 0.6 is 0 Å². The van der Waals surface area contributed by atoms with Gasteiger partial charge in [0.1, 0.15) is 5.82 Å². The average molecular weight is 218 g/mol. The van der Waals surface area contributed by atoms with Crippen molar-refractivity contribution < 1.29 is 9.90 Å². The number of hydrogen-bond donors (Lipinski definition) is 1. The summed E-state index contributed by atoms with van der Waals surface area (Å²) in [6.45, 7) is 3.94. The van der Waals surface area contributed by atoms with Gasteiger partial charge in [0.25, 0.3) is 0 Å². The lowest BCUT2D eigenvalue weighted by Gasteiger charge is -2.01. The van der Waals surface area contributed by atoms with Crippen LogP contribution in [0, 0.1) is 13.8 Å². The maximum absolute atomic E-state index is 10.6. The quantitative estimate of drug-likeness (QED) is 0.856. The minimum atomic E-state index is -0.785. The predicted molar refractivity (Wildman–Crippen MR) is 60.6 cm³/mol. The molecule has 0 atom stereocenters. The Bertz CT molecular complexity index is 543. The number of nitrogens with zero attached hydrogens (tertiary/aromatic N) is 2. The number of hydrogen-bond acceptors (Lipinski definition) is 2. The van der Waals surface area contributed by atoms with Crippen molar-refractivity contribution in [1.29, 1.82) is 0 Å². The normalized spacial score (nSPS) is 10.9. The molecule has 84 valence electrons. The molecule has 0 fully saturated rings. The summed E-state index contributed by atoms with van der Waals surface area (Å²) in [5.74, 6) is 0.117. The van der Waals surface area contributed by atoms with Crippen LogP contribution in [0.25, 0.3) is 5.52 Å². The lowest BCUT2D eigenvalue weighted by molar-refractivity contribution is -0.136. The fourth-order valence-electron chi connectivity index (χ4n) is 1.95. The average Bonchev–Trinajstić information content (AvgIpc) is 2.55. The number of carbonyl (C=O) groups is 1. The third kappa shape index (κ3) is 1.78. The predicted octanol–water partition coefficient (Wildman–Crippen LogP) is 1.97. The maximum Gasteiger partial charge on any atom is 0.303 e. The Labute approximate surface area is 93.5 Å². The van der Waals surface area contributed by atoms with Gasteiger partial charge in [0.2, 0.25) is 0 Å². The third-order valence-corrected chi connectivity index (χ3v) is 2.69. The number of imidazole rings is 1. The molecule has 2 rings (SSSR count). The summed E-state index contributed by atoms with van der Waals surface area (Å²) >= 11 is 0. The van der Waals surface area contributed by atoms with Gasteiger partial charge in [0.15, 0.2) is 0 Å². The van der Waals surface area contributed by atoms with Gasteiger partial charge in [0, 0.05) is 12.6 Å². The molecular weight excluding hydrogens is 204 g/mol. The second-order valence-electron chi connectivity index (χ2n) is 3.91. The maximum atomic E-state index is 10.6. The van der Waals surface area contributed by atoms with Gasteiger partial charge in [0.05, 0.1) is 17.6 Å². The summed E-state index contributed by atoms with van der Waals surface area (Å²) in [6.07, 6.45) is 2.56. The molecule has 1 N–H and O–H groups in total. The van der Waals surface area contributed by atoms with Crippen LogP contribution in [0.2, 0.25) is 0 Å². The lowest BCUT2D eigenvalue weighted by atomic mass is 10.1. The van der Waals surface area contributed by atoms with Crippen LogP contribution < -0.4 is 0 Å². The Hall–Kier alpha value is -1.84. The molecule has 2 heterocycles. The summed E-state index contributed by atoms with van der Waals surface area (Å²) in [7, 11) is 0. The Morgan fingerprint density at radius 1 is 1.50 bits per heavy atom. The molecule has 0 amide bonds. The Kier molecular flexibility index (Phi) is 2.64. The molecule has 0 aromatic carbocycles. The summed E-state index contributed by atoms with van der Waals surface area (Å²) < 4.78 is 2.01. The van der Waals surface area contributed by atoms with Crippen LogP contribution in [-0.2, 0) is 11.2 Å². The van der Waals surface area contributed by atoms with E-state index < -0.39 is 5.97 Å². The van der Waals surface area contributed by atoms with Gasteiger partial charge in [-0.15, -0.1) is 0 Å². The molecule has 0 saturated heterocycles. The van der Waals surface area contributed by atoms with E-state index in [-0.39, 0.29) is 6.42 Å². The molecule has 4 nitrogen and oxygen atoms in total. The second kappa shape index (κ2) is 3.96. The molecule has 0 spiro atoms. The molecular formula is C12H14N2O2. The second-order valence-corrected chi connectivity index (χ2v) is 3.91. The van der Waals surface area contributed by atoms with E-state index in [1.54, 1.807) is 0 Å². The van der Waals surface area contributed by atoms with Crippen molar-refractivity contribution in [3.05, 3.63) is 35.4 Å². The number of aryl methyl sites for hydroxylation is 3. The monoisotopic (exact) mass is 218 g/mol. The van der Waals surface area contributed by atoms with Gasteiger partial charge < -0.3 is 9.51 Å². The van der Waals surface area contributed by atoms with Gasteiger partial charge in [-0.25, -0.2) is 4.98 Å². The highest BCUT2D eigenvalue weighted by Crippen LogP contribution is 2.18. The van der Waals surface area contributed by atoms with Gasteiger partial charge in [-0.05, 0) is 25.5 Å². The number of fused-ring (bicyclic) bond motifs is 1. The number of carboxylic acid groups (broad SMARTS) is 1. The van der Waals surface area contributed by atoms with Crippen LogP contribution in [0.4, 0.5) is 0 Å². The Morgan fingerprint density at radius 3 is 2.94 bits per heavy atom. The minimum absolute atomic E-state index is 0.125. The first-order valence-corrected chi connectivity index (χ1v) is 5.24. The van der Waals surface area contributed by atoms with Crippen molar-refractivity contribution in [1.82, 2.24) is 9.38 Å². The Morgan fingerprint density at radius 2 is 2.25 bits per heavy atom. The molecule has 0 aliphatic rings. The molecule has 0 aliphatic carbocycles. The van der Waals surface area contributed by atoms with Crippen LogP contribution in [0.3, 0.4) is 0 Å². The largest absolute Gasteiger partial charge is 0.481 e. The van der Waals surface area contributed by atoms with Crippen molar-refractivity contribution in [2.24, 2.45) is 0 Å². The number of carboxylic acids is 1. The molecule has 0 unspecified atom stereocenters. The molecule has 4 heteroatoms. The highest BCUT2D eigenvalue weighted by molar-refractivity contribution is 5.68. The fourth-order valence-corrected chi connectivity index (χ4v) is 1.95. The van der Waals surface area contributed by atoms with E-state index in [1.807, 2.05) is 36.6 Å². The van der Waals surface area contributed by atoms with Gasteiger partial charge in [-0.3, -0.25) is 4.79 Å². The first-order chi connectivity index (χ1) is 7.59. The van der Waals surface area contributed by atoms with E-state index >= 15 is 0 Å². The number of aliphatic carboxylic acids is 1. The zero-order valence-corrected chi connectivity index (χ0v) is 9.40. The van der Waals surface area contributed by atoms with Gasteiger partial charge in [-0.1, -0.05) is 6.07 Å². The fraction of sp³-hybridized carbons (Fsp3) is 0.333.